The first-order valence-corrected chi connectivity index (χ1v) is 7.34. The van der Waals surface area contributed by atoms with Crippen molar-refractivity contribution in [2.24, 2.45) is 0 Å². The van der Waals surface area contributed by atoms with Crippen LogP contribution in [0.4, 0.5) is 0 Å². The molecule has 1 fully saturated rings. The second-order valence-electron chi connectivity index (χ2n) is 5.00. The third-order valence-corrected chi connectivity index (χ3v) is 3.42. The Morgan fingerprint density at radius 2 is 2.05 bits per heavy atom. The van der Waals surface area contributed by atoms with E-state index >= 15 is 0 Å². The number of pyridine rings is 1. The maximum absolute atomic E-state index is 5.72. The van der Waals surface area contributed by atoms with Gasteiger partial charge in [-0.25, -0.2) is 0 Å². The predicted molar refractivity (Wildman–Crippen MR) is 76.9 cm³/mol. The molecule has 1 N–H and O–H groups in total. The van der Waals surface area contributed by atoms with Gasteiger partial charge in [-0.2, -0.15) is 0 Å². The average molecular weight is 263 g/mol. The molecule has 0 aromatic carbocycles. The van der Waals surface area contributed by atoms with Crippen LogP contribution in [0, 0.1) is 0 Å². The highest BCUT2D eigenvalue weighted by molar-refractivity contribution is 5.10. The maximum Gasteiger partial charge on any atom is 0.0888 e. The van der Waals surface area contributed by atoms with Crippen LogP contribution in [0.5, 0.6) is 0 Å². The normalized spacial score (nSPS) is 16.1. The Kier molecular flexibility index (Phi) is 6.27. The van der Waals surface area contributed by atoms with Gasteiger partial charge < -0.3 is 15.0 Å². The SMILES string of the molecule is CCNCc1cccc(COCCN2CCCC2)n1. The molecule has 4 heteroatoms. The maximum atomic E-state index is 5.72. The number of aromatic nitrogens is 1. The van der Waals surface area contributed by atoms with Gasteiger partial charge in [0.2, 0.25) is 0 Å². The number of nitrogens with one attached hydrogen (secondary N) is 1. The topological polar surface area (TPSA) is 37.4 Å². The molecule has 1 saturated heterocycles. The van der Waals surface area contributed by atoms with E-state index in [1.54, 1.807) is 0 Å². The first kappa shape index (κ1) is 14.4. The van der Waals surface area contributed by atoms with Crippen molar-refractivity contribution in [3.8, 4) is 0 Å². The van der Waals surface area contributed by atoms with E-state index in [2.05, 4.69) is 34.3 Å². The fourth-order valence-corrected chi connectivity index (χ4v) is 2.34. The van der Waals surface area contributed by atoms with Crippen molar-refractivity contribution in [1.29, 1.82) is 0 Å². The number of ether oxygens (including phenoxy) is 1. The molecule has 0 unspecified atom stereocenters. The standard InChI is InChI=1S/C15H25N3O/c1-2-16-12-14-6-5-7-15(17-14)13-19-11-10-18-8-3-4-9-18/h5-7,16H,2-4,8-13H2,1H3. The Hall–Kier alpha value is -0.970. The minimum atomic E-state index is 0.619. The number of hydrogen-bond acceptors (Lipinski definition) is 4. The molecule has 2 heterocycles. The van der Waals surface area contributed by atoms with E-state index in [0.717, 1.165) is 37.6 Å². The summed E-state index contributed by atoms with van der Waals surface area (Å²) in [5, 5.41) is 3.29. The number of rotatable bonds is 8. The van der Waals surface area contributed by atoms with E-state index in [9.17, 15) is 0 Å². The zero-order chi connectivity index (χ0) is 13.3. The van der Waals surface area contributed by atoms with Crippen molar-refractivity contribution in [3.05, 3.63) is 29.6 Å². The zero-order valence-electron chi connectivity index (χ0n) is 11.9. The highest BCUT2D eigenvalue weighted by atomic mass is 16.5. The zero-order valence-corrected chi connectivity index (χ0v) is 11.9. The van der Waals surface area contributed by atoms with Crippen LogP contribution in [0.15, 0.2) is 18.2 Å². The Morgan fingerprint density at radius 1 is 1.26 bits per heavy atom. The molecule has 19 heavy (non-hydrogen) atoms. The molecule has 1 aromatic rings. The summed E-state index contributed by atoms with van der Waals surface area (Å²) in [4.78, 5) is 7.05. The summed E-state index contributed by atoms with van der Waals surface area (Å²) in [6.07, 6.45) is 2.68. The summed E-state index contributed by atoms with van der Waals surface area (Å²) < 4.78 is 5.72. The Bertz CT molecular complexity index is 364. The minimum absolute atomic E-state index is 0.619. The van der Waals surface area contributed by atoms with Gasteiger partial charge in [0.15, 0.2) is 0 Å². The smallest absolute Gasteiger partial charge is 0.0888 e. The molecule has 1 aliphatic rings. The van der Waals surface area contributed by atoms with Crippen LogP contribution >= 0.6 is 0 Å². The molecule has 0 saturated carbocycles. The van der Waals surface area contributed by atoms with E-state index in [1.807, 2.05) is 6.07 Å². The summed E-state index contributed by atoms with van der Waals surface area (Å²) >= 11 is 0. The van der Waals surface area contributed by atoms with Gasteiger partial charge in [-0.3, -0.25) is 4.98 Å². The molecule has 0 aliphatic carbocycles. The molecule has 0 amide bonds. The summed E-state index contributed by atoms with van der Waals surface area (Å²) in [6.45, 7) is 8.85. The first-order valence-electron chi connectivity index (χ1n) is 7.34. The van der Waals surface area contributed by atoms with E-state index in [0.29, 0.717) is 6.61 Å². The van der Waals surface area contributed by atoms with E-state index < -0.39 is 0 Å². The minimum Gasteiger partial charge on any atom is -0.374 e. The van der Waals surface area contributed by atoms with Crippen LogP contribution in [-0.4, -0.2) is 42.7 Å². The fourth-order valence-electron chi connectivity index (χ4n) is 2.34. The molecule has 0 radical (unpaired) electrons. The van der Waals surface area contributed by atoms with Gasteiger partial charge >= 0.3 is 0 Å². The molecule has 1 aromatic heterocycles. The van der Waals surface area contributed by atoms with Crippen molar-refractivity contribution in [2.45, 2.75) is 32.9 Å². The number of hydrogen-bond donors (Lipinski definition) is 1. The lowest BCUT2D eigenvalue weighted by Gasteiger charge is -2.14. The van der Waals surface area contributed by atoms with E-state index in [-0.39, 0.29) is 0 Å². The molecule has 0 atom stereocenters. The third kappa shape index (κ3) is 5.27. The molecule has 0 spiro atoms. The van der Waals surface area contributed by atoms with Crippen molar-refractivity contribution < 1.29 is 4.74 Å². The van der Waals surface area contributed by atoms with Crippen LogP contribution in [0.2, 0.25) is 0 Å². The van der Waals surface area contributed by atoms with Gasteiger partial charge in [-0.15, -0.1) is 0 Å². The summed E-state index contributed by atoms with van der Waals surface area (Å²) in [5.74, 6) is 0. The summed E-state index contributed by atoms with van der Waals surface area (Å²) in [5.41, 5.74) is 2.11. The molecule has 1 aliphatic heterocycles. The van der Waals surface area contributed by atoms with Crippen LogP contribution in [0.3, 0.4) is 0 Å². The monoisotopic (exact) mass is 263 g/mol. The summed E-state index contributed by atoms with van der Waals surface area (Å²) in [7, 11) is 0. The van der Waals surface area contributed by atoms with Gasteiger partial charge in [-0.1, -0.05) is 13.0 Å². The molecule has 4 nitrogen and oxygen atoms in total. The van der Waals surface area contributed by atoms with E-state index in [4.69, 9.17) is 4.74 Å². The lowest BCUT2D eigenvalue weighted by molar-refractivity contribution is 0.0970. The van der Waals surface area contributed by atoms with Crippen LogP contribution < -0.4 is 5.32 Å². The average Bonchev–Trinajstić information content (AvgIpc) is 2.95. The second kappa shape index (κ2) is 8.25. The van der Waals surface area contributed by atoms with Crippen molar-refractivity contribution in [3.63, 3.8) is 0 Å². The van der Waals surface area contributed by atoms with Crippen LogP contribution in [0.1, 0.15) is 31.2 Å². The molecule has 0 bridgehead atoms. The van der Waals surface area contributed by atoms with Gasteiger partial charge in [0.05, 0.1) is 24.6 Å². The molecule has 106 valence electrons. The molecule has 2 rings (SSSR count). The number of likely N-dealkylation sites (tertiary alicyclic amines) is 1. The first-order chi connectivity index (χ1) is 9.38. The number of nitrogens with zero attached hydrogens (tertiary/aromatic N) is 2. The highest BCUT2D eigenvalue weighted by Crippen LogP contribution is 2.06. The lowest BCUT2D eigenvalue weighted by atomic mass is 10.3. The Morgan fingerprint density at radius 3 is 2.84 bits per heavy atom. The molecular formula is C15H25N3O. The molecular weight excluding hydrogens is 238 g/mol. The third-order valence-electron chi connectivity index (χ3n) is 3.42. The van der Waals surface area contributed by atoms with Gasteiger partial charge in [-0.05, 0) is 44.6 Å². The van der Waals surface area contributed by atoms with Gasteiger partial charge in [0.1, 0.15) is 0 Å². The lowest BCUT2D eigenvalue weighted by Crippen LogP contribution is -2.24. The Labute approximate surface area is 116 Å². The van der Waals surface area contributed by atoms with Gasteiger partial charge in [0, 0.05) is 13.1 Å². The van der Waals surface area contributed by atoms with E-state index in [1.165, 1.54) is 25.9 Å². The predicted octanol–water partition coefficient (Wildman–Crippen LogP) is 1.80. The highest BCUT2D eigenvalue weighted by Gasteiger charge is 2.10. The quantitative estimate of drug-likeness (QED) is 0.726. The fraction of sp³-hybridized carbons (Fsp3) is 0.667. The van der Waals surface area contributed by atoms with Crippen molar-refractivity contribution in [2.75, 3.05) is 32.8 Å². The van der Waals surface area contributed by atoms with Crippen LogP contribution in [0.25, 0.3) is 0 Å². The summed E-state index contributed by atoms with van der Waals surface area (Å²) in [6, 6.07) is 6.14. The van der Waals surface area contributed by atoms with Crippen LogP contribution in [-0.2, 0) is 17.9 Å². The van der Waals surface area contributed by atoms with Crippen molar-refractivity contribution in [1.82, 2.24) is 15.2 Å². The van der Waals surface area contributed by atoms with Crippen molar-refractivity contribution >= 4 is 0 Å². The second-order valence-corrected chi connectivity index (χ2v) is 5.00. The van der Waals surface area contributed by atoms with Gasteiger partial charge in [0.25, 0.3) is 0 Å². The largest absolute Gasteiger partial charge is 0.374 e. The Balaban J connectivity index is 1.66.